The first-order chi connectivity index (χ1) is 16.3. The second kappa shape index (κ2) is 6.84. The fourth-order valence-corrected chi connectivity index (χ4v) is 6.01. The monoisotopic (exact) mass is 442 g/mol. The largest absolute Gasteiger partial charge is 0.455 e. The molecule has 1 aliphatic heterocycles. The maximum Gasteiger partial charge on any atom is 0.150 e. The van der Waals surface area contributed by atoms with Gasteiger partial charge in [0.05, 0.1) is 10.4 Å². The lowest BCUT2D eigenvalue weighted by Gasteiger charge is -2.39. The topological polar surface area (TPSA) is 9.23 Å². The van der Waals surface area contributed by atoms with E-state index in [9.17, 15) is 0 Å². The van der Waals surface area contributed by atoms with Crippen LogP contribution in [0, 0.1) is 0 Å². The Hall–Kier alpha value is -3.81. The van der Waals surface area contributed by atoms with Crippen molar-refractivity contribution in [2.75, 3.05) is 0 Å². The third-order valence-electron chi connectivity index (χ3n) is 7.03. The van der Waals surface area contributed by atoms with Crippen molar-refractivity contribution in [2.45, 2.75) is 5.41 Å². The fourth-order valence-electron chi connectivity index (χ4n) is 5.80. The normalized spacial score (nSPS) is 17.0. The predicted octanol–water partition coefficient (Wildman–Crippen LogP) is 8.48. The highest BCUT2D eigenvalue weighted by molar-refractivity contribution is 6.32. The zero-order valence-corrected chi connectivity index (χ0v) is 18.5. The van der Waals surface area contributed by atoms with Gasteiger partial charge in [0, 0.05) is 11.1 Å². The van der Waals surface area contributed by atoms with Crippen molar-refractivity contribution in [2.24, 2.45) is 0 Å². The molecular formula is C31H19ClO. The molecule has 0 saturated heterocycles. The van der Waals surface area contributed by atoms with E-state index in [1.807, 2.05) is 24.3 Å². The standard InChI is InChI=1S/C31H19ClO/c32-27-18-9-17-26-30(27)33-28-19-7-6-15-24(28)31(26)23-14-5-4-12-22(23)29-21(13-8-16-25(29)31)20-10-2-1-3-11-20/h1-19H. The Labute approximate surface area is 197 Å². The molecule has 0 bridgehead atoms. The van der Waals surface area contributed by atoms with Crippen LogP contribution in [0.5, 0.6) is 11.5 Å². The minimum atomic E-state index is -0.494. The van der Waals surface area contributed by atoms with E-state index in [-0.39, 0.29) is 0 Å². The van der Waals surface area contributed by atoms with Crippen LogP contribution < -0.4 is 4.74 Å². The maximum atomic E-state index is 6.73. The summed E-state index contributed by atoms with van der Waals surface area (Å²) in [4.78, 5) is 0. The zero-order chi connectivity index (χ0) is 22.0. The maximum absolute atomic E-state index is 6.73. The van der Waals surface area contributed by atoms with E-state index < -0.39 is 5.41 Å². The summed E-state index contributed by atoms with van der Waals surface area (Å²) < 4.78 is 6.41. The van der Waals surface area contributed by atoms with Crippen LogP contribution in [0.1, 0.15) is 22.3 Å². The minimum absolute atomic E-state index is 0.494. The highest BCUT2D eigenvalue weighted by Gasteiger charge is 2.51. The van der Waals surface area contributed by atoms with E-state index >= 15 is 0 Å². The van der Waals surface area contributed by atoms with Crippen LogP contribution in [0.25, 0.3) is 22.3 Å². The quantitative estimate of drug-likeness (QED) is 0.247. The van der Waals surface area contributed by atoms with Gasteiger partial charge in [-0.3, -0.25) is 0 Å². The molecule has 0 fully saturated rings. The number of para-hydroxylation sites is 2. The van der Waals surface area contributed by atoms with Crippen LogP contribution in [0.15, 0.2) is 115 Å². The van der Waals surface area contributed by atoms with Crippen molar-refractivity contribution in [3.05, 3.63) is 143 Å². The molecule has 1 unspecified atom stereocenters. The minimum Gasteiger partial charge on any atom is -0.455 e. The van der Waals surface area contributed by atoms with Crippen LogP contribution in [0.4, 0.5) is 0 Å². The van der Waals surface area contributed by atoms with Gasteiger partial charge in [0.15, 0.2) is 5.75 Å². The number of ether oxygens (including phenoxy) is 1. The second-order valence-electron chi connectivity index (χ2n) is 8.60. The summed E-state index contributed by atoms with van der Waals surface area (Å²) in [6, 6.07) is 40.6. The first kappa shape index (κ1) is 18.7. The van der Waals surface area contributed by atoms with Gasteiger partial charge < -0.3 is 4.74 Å². The number of rotatable bonds is 1. The lowest BCUT2D eigenvalue weighted by molar-refractivity contribution is 0.436. The SMILES string of the molecule is Clc1cccc2c1Oc1ccccc1C21c2ccccc2-c2c(-c3ccccc3)cccc21. The van der Waals surface area contributed by atoms with Gasteiger partial charge >= 0.3 is 0 Å². The van der Waals surface area contributed by atoms with E-state index in [0.29, 0.717) is 5.02 Å². The highest BCUT2D eigenvalue weighted by atomic mass is 35.5. The summed E-state index contributed by atoms with van der Waals surface area (Å²) in [5.41, 5.74) is 9.27. The Morgan fingerprint density at radius 3 is 2.03 bits per heavy atom. The molecule has 5 aromatic carbocycles. The van der Waals surface area contributed by atoms with Crippen molar-refractivity contribution in [3.63, 3.8) is 0 Å². The van der Waals surface area contributed by atoms with Crippen LogP contribution in [0.3, 0.4) is 0 Å². The number of fused-ring (bicyclic) bond motifs is 9. The first-order valence-electron chi connectivity index (χ1n) is 11.2. The Balaban J connectivity index is 1.69. The summed E-state index contributed by atoms with van der Waals surface area (Å²) in [5.74, 6) is 1.59. The van der Waals surface area contributed by atoms with Gasteiger partial charge in [0.2, 0.25) is 0 Å². The summed E-state index contributed by atoms with van der Waals surface area (Å²) >= 11 is 6.73. The Morgan fingerprint density at radius 1 is 0.515 bits per heavy atom. The Bertz CT molecular complexity index is 1550. The second-order valence-corrected chi connectivity index (χ2v) is 9.01. The number of hydrogen-bond donors (Lipinski definition) is 0. The molecule has 33 heavy (non-hydrogen) atoms. The van der Waals surface area contributed by atoms with Crippen LogP contribution in [-0.2, 0) is 5.41 Å². The molecule has 2 aliphatic rings. The van der Waals surface area contributed by atoms with Gasteiger partial charge in [-0.2, -0.15) is 0 Å². The van der Waals surface area contributed by atoms with Crippen molar-refractivity contribution in [3.8, 4) is 33.8 Å². The number of hydrogen-bond acceptors (Lipinski definition) is 1. The smallest absolute Gasteiger partial charge is 0.150 e. The van der Waals surface area contributed by atoms with Crippen LogP contribution >= 0.6 is 11.6 Å². The number of benzene rings is 5. The van der Waals surface area contributed by atoms with Gasteiger partial charge in [-0.25, -0.2) is 0 Å². The van der Waals surface area contributed by atoms with E-state index in [2.05, 4.69) is 91.0 Å². The van der Waals surface area contributed by atoms with E-state index in [1.165, 1.54) is 33.4 Å². The zero-order valence-electron chi connectivity index (χ0n) is 17.8. The lowest BCUT2D eigenvalue weighted by atomic mass is 9.66. The van der Waals surface area contributed by atoms with Crippen molar-refractivity contribution < 1.29 is 4.74 Å². The molecule has 1 heterocycles. The number of halogens is 1. The molecule has 2 heteroatoms. The van der Waals surface area contributed by atoms with Gasteiger partial charge in [0.25, 0.3) is 0 Å². The molecule has 5 aromatic rings. The molecule has 1 spiro atoms. The summed E-state index contributed by atoms with van der Waals surface area (Å²) in [7, 11) is 0. The molecule has 156 valence electrons. The average Bonchev–Trinajstić information content (AvgIpc) is 3.17. The van der Waals surface area contributed by atoms with Crippen LogP contribution in [-0.4, -0.2) is 0 Å². The molecule has 0 saturated carbocycles. The summed E-state index contributed by atoms with van der Waals surface area (Å²) in [5, 5.41) is 0.631. The molecule has 0 N–H and O–H groups in total. The van der Waals surface area contributed by atoms with Crippen molar-refractivity contribution in [1.82, 2.24) is 0 Å². The van der Waals surface area contributed by atoms with Crippen molar-refractivity contribution >= 4 is 11.6 Å². The van der Waals surface area contributed by atoms with E-state index in [4.69, 9.17) is 16.3 Å². The Kier molecular flexibility index (Phi) is 3.88. The van der Waals surface area contributed by atoms with Gasteiger partial charge in [-0.1, -0.05) is 115 Å². The molecular weight excluding hydrogens is 424 g/mol. The molecule has 0 aromatic heterocycles. The fraction of sp³-hybridized carbons (Fsp3) is 0.0323. The molecule has 1 aliphatic carbocycles. The molecule has 7 rings (SSSR count). The summed E-state index contributed by atoms with van der Waals surface area (Å²) in [6.07, 6.45) is 0. The van der Waals surface area contributed by atoms with Gasteiger partial charge in [0.1, 0.15) is 5.75 Å². The molecule has 1 atom stereocenters. The predicted molar refractivity (Wildman–Crippen MR) is 134 cm³/mol. The summed E-state index contributed by atoms with van der Waals surface area (Å²) in [6.45, 7) is 0. The highest BCUT2D eigenvalue weighted by Crippen LogP contribution is 2.63. The van der Waals surface area contributed by atoms with E-state index in [1.54, 1.807) is 0 Å². The van der Waals surface area contributed by atoms with Crippen molar-refractivity contribution in [1.29, 1.82) is 0 Å². The third kappa shape index (κ3) is 2.38. The van der Waals surface area contributed by atoms with Crippen LogP contribution in [0.2, 0.25) is 5.02 Å². The van der Waals surface area contributed by atoms with Gasteiger partial charge in [-0.15, -0.1) is 0 Å². The first-order valence-corrected chi connectivity index (χ1v) is 11.5. The molecule has 1 nitrogen and oxygen atoms in total. The average molecular weight is 443 g/mol. The van der Waals surface area contributed by atoms with E-state index in [0.717, 1.165) is 22.6 Å². The molecule has 0 radical (unpaired) electrons. The third-order valence-corrected chi connectivity index (χ3v) is 7.33. The van der Waals surface area contributed by atoms with Gasteiger partial charge in [-0.05, 0) is 45.5 Å². The molecule has 0 amide bonds. The lowest BCUT2D eigenvalue weighted by Crippen LogP contribution is -2.32. The Morgan fingerprint density at radius 2 is 1.15 bits per heavy atom.